The summed E-state index contributed by atoms with van der Waals surface area (Å²) >= 11 is 1.63. The average molecular weight is 369 g/mol. The van der Waals surface area contributed by atoms with Crippen LogP contribution in [0.4, 0.5) is 0 Å². The van der Waals surface area contributed by atoms with Crippen LogP contribution in [0.5, 0.6) is 0 Å². The molecule has 0 radical (unpaired) electrons. The molecule has 2 aromatic heterocycles. The zero-order chi connectivity index (χ0) is 18.4. The maximum atomic E-state index is 12.9. The third kappa shape index (κ3) is 3.75. The summed E-state index contributed by atoms with van der Waals surface area (Å²) in [6, 6.07) is 9.82. The Hall–Kier alpha value is -2.33. The minimum absolute atomic E-state index is 0.00201. The van der Waals surface area contributed by atoms with Gasteiger partial charge in [0.05, 0.1) is 17.0 Å². The number of aryl methyl sites for hydroxylation is 1. The second kappa shape index (κ2) is 8.86. The molecule has 7 heteroatoms. The standard InChI is InChI=1S/C19H23N5OS/c1-2-3-8-13-23-17(25)15-10-5-6-11-16(15)24-18(23)21-22-19(24)26-14-9-4-7-12-20/h5-6,10-11H,2-4,7-9,13-14H2,1H3. The normalized spacial score (nSPS) is 11.2. The van der Waals surface area contributed by atoms with Crippen LogP contribution < -0.4 is 5.56 Å². The first-order valence-corrected chi connectivity index (χ1v) is 10.1. The number of rotatable bonds is 9. The van der Waals surface area contributed by atoms with E-state index in [0.29, 0.717) is 24.1 Å². The van der Waals surface area contributed by atoms with Crippen LogP contribution in [0.2, 0.25) is 0 Å². The largest absolute Gasteiger partial charge is 0.276 e. The maximum Gasteiger partial charge on any atom is 0.262 e. The Morgan fingerprint density at radius 3 is 2.81 bits per heavy atom. The van der Waals surface area contributed by atoms with Crippen molar-refractivity contribution in [3.05, 3.63) is 34.6 Å². The Bertz CT molecular complexity index is 985. The van der Waals surface area contributed by atoms with Crippen LogP contribution in [-0.2, 0) is 6.54 Å². The molecule has 3 rings (SSSR count). The van der Waals surface area contributed by atoms with Crippen LogP contribution in [-0.4, -0.2) is 24.9 Å². The smallest absolute Gasteiger partial charge is 0.262 e. The van der Waals surface area contributed by atoms with Crippen molar-refractivity contribution in [3.63, 3.8) is 0 Å². The van der Waals surface area contributed by atoms with Crippen LogP contribution in [0.1, 0.15) is 45.4 Å². The highest BCUT2D eigenvalue weighted by Crippen LogP contribution is 2.22. The summed E-state index contributed by atoms with van der Waals surface area (Å²) in [5, 5.41) is 18.8. The van der Waals surface area contributed by atoms with E-state index in [4.69, 9.17) is 5.26 Å². The SMILES string of the molecule is CCCCCn1c(=O)c2ccccc2n2c(SCCCCC#N)nnc12. The van der Waals surface area contributed by atoms with E-state index in [0.717, 1.165) is 48.5 Å². The number of thioether (sulfide) groups is 1. The summed E-state index contributed by atoms with van der Waals surface area (Å²) in [4.78, 5) is 12.9. The van der Waals surface area contributed by atoms with E-state index in [1.54, 1.807) is 16.3 Å². The molecule has 26 heavy (non-hydrogen) atoms. The molecule has 0 aliphatic carbocycles. The van der Waals surface area contributed by atoms with Gasteiger partial charge in [-0.2, -0.15) is 5.26 Å². The number of aromatic nitrogens is 4. The minimum Gasteiger partial charge on any atom is -0.276 e. The number of benzene rings is 1. The van der Waals surface area contributed by atoms with Crippen molar-refractivity contribution in [2.45, 2.75) is 57.1 Å². The van der Waals surface area contributed by atoms with Gasteiger partial charge in [0.15, 0.2) is 5.16 Å². The van der Waals surface area contributed by atoms with Crippen molar-refractivity contribution in [3.8, 4) is 6.07 Å². The van der Waals surface area contributed by atoms with Crippen molar-refractivity contribution >= 4 is 28.4 Å². The molecule has 0 bridgehead atoms. The molecular weight excluding hydrogens is 346 g/mol. The van der Waals surface area contributed by atoms with Gasteiger partial charge in [0, 0.05) is 18.7 Å². The zero-order valence-electron chi connectivity index (χ0n) is 15.0. The molecule has 0 aliphatic heterocycles. The number of fused-ring (bicyclic) bond motifs is 3. The number of nitriles is 1. The van der Waals surface area contributed by atoms with Crippen LogP contribution >= 0.6 is 11.8 Å². The summed E-state index contributed by atoms with van der Waals surface area (Å²) in [6.07, 6.45) is 5.58. The van der Waals surface area contributed by atoms with E-state index in [9.17, 15) is 4.79 Å². The molecule has 0 atom stereocenters. The summed E-state index contributed by atoms with van der Waals surface area (Å²) in [5.74, 6) is 1.50. The Morgan fingerprint density at radius 2 is 2.00 bits per heavy atom. The lowest BCUT2D eigenvalue weighted by Crippen LogP contribution is -2.23. The Morgan fingerprint density at radius 1 is 1.15 bits per heavy atom. The highest BCUT2D eigenvalue weighted by Gasteiger charge is 2.16. The van der Waals surface area contributed by atoms with Crippen LogP contribution in [0.3, 0.4) is 0 Å². The summed E-state index contributed by atoms with van der Waals surface area (Å²) in [5.41, 5.74) is 0.853. The van der Waals surface area contributed by atoms with Crippen LogP contribution in [0.15, 0.2) is 34.2 Å². The van der Waals surface area contributed by atoms with Crippen LogP contribution in [0, 0.1) is 11.3 Å². The third-order valence-corrected chi connectivity index (χ3v) is 5.39. The molecule has 0 amide bonds. The van der Waals surface area contributed by atoms with E-state index >= 15 is 0 Å². The van der Waals surface area contributed by atoms with Crippen molar-refractivity contribution in [2.24, 2.45) is 0 Å². The molecule has 0 saturated carbocycles. The molecular formula is C19H23N5OS. The lowest BCUT2D eigenvalue weighted by molar-refractivity contribution is 0.594. The van der Waals surface area contributed by atoms with Gasteiger partial charge in [0.25, 0.3) is 5.56 Å². The molecule has 0 fully saturated rings. The van der Waals surface area contributed by atoms with Gasteiger partial charge in [-0.25, -0.2) is 0 Å². The second-order valence-corrected chi connectivity index (χ2v) is 7.32. The van der Waals surface area contributed by atoms with Gasteiger partial charge in [-0.15, -0.1) is 10.2 Å². The number of para-hydroxylation sites is 1. The average Bonchev–Trinajstić information content (AvgIpc) is 3.08. The fraction of sp³-hybridized carbons (Fsp3) is 0.474. The molecule has 0 aliphatic rings. The third-order valence-electron chi connectivity index (χ3n) is 4.38. The first-order chi connectivity index (χ1) is 12.8. The minimum atomic E-state index is 0.00201. The van der Waals surface area contributed by atoms with Crippen molar-refractivity contribution in [1.82, 2.24) is 19.2 Å². The number of hydrogen-bond acceptors (Lipinski definition) is 5. The summed E-state index contributed by atoms with van der Waals surface area (Å²) in [6.45, 7) is 2.81. The van der Waals surface area contributed by atoms with Gasteiger partial charge in [0.2, 0.25) is 5.78 Å². The molecule has 0 spiro atoms. The molecule has 0 unspecified atom stereocenters. The number of nitrogens with zero attached hydrogens (tertiary/aromatic N) is 5. The highest BCUT2D eigenvalue weighted by molar-refractivity contribution is 7.99. The van der Waals surface area contributed by atoms with E-state index < -0.39 is 0 Å². The number of hydrogen-bond donors (Lipinski definition) is 0. The Balaban J connectivity index is 2.00. The monoisotopic (exact) mass is 369 g/mol. The molecule has 136 valence electrons. The lowest BCUT2D eigenvalue weighted by Gasteiger charge is -2.11. The van der Waals surface area contributed by atoms with E-state index in [1.807, 2.05) is 28.7 Å². The topological polar surface area (TPSA) is 76.0 Å². The Labute approximate surface area is 156 Å². The summed E-state index contributed by atoms with van der Waals surface area (Å²) < 4.78 is 3.75. The molecule has 6 nitrogen and oxygen atoms in total. The van der Waals surface area contributed by atoms with Gasteiger partial charge in [-0.3, -0.25) is 13.8 Å². The maximum absolute atomic E-state index is 12.9. The van der Waals surface area contributed by atoms with Gasteiger partial charge in [-0.1, -0.05) is 43.7 Å². The first-order valence-electron chi connectivity index (χ1n) is 9.14. The fourth-order valence-electron chi connectivity index (χ4n) is 3.02. The lowest BCUT2D eigenvalue weighted by atomic mass is 10.2. The van der Waals surface area contributed by atoms with E-state index in [1.165, 1.54) is 0 Å². The predicted octanol–water partition coefficient (Wildman–Crippen LogP) is 4.02. The van der Waals surface area contributed by atoms with Crippen molar-refractivity contribution < 1.29 is 0 Å². The van der Waals surface area contributed by atoms with E-state index in [-0.39, 0.29) is 5.56 Å². The molecule has 2 heterocycles. The predicted molar refractivity (Wildman–Crippen MR) is 104 cm³/mol. The van der Waals surface area contributed by atoms with Crippen molar-refractivity contribution in [2.75, 3.05) is 5.75 Å². The van der Waals surface area contributed by atoms with Gasteiger partial charge < -0.3 is 0 Å². The molecule has 0 N–H and O–H groups in total. The van der Waals surface area contributed by atoms with Gasteiger partial charge in [0.1, 0.15) is 0 Å². The van der Waals surface area contributed by atoms with Crippen molar-refractivity contribution in [1.29, 1.82) is 5.26 Å². The Kier molecular flexibility index (Phi) is 6.29. The second-order valence-electron chi connectivity index (χ2n) is 6.26. The summed E-state index contributed by atoms with van der Waals surface area (Å²) in [7, 11) is 0. The molecule has 0 saturated heterocycles. The first kappa shape index (κ1) is 18.5. The van der Waals surface area contributed by atoms with Gasteiger partial charge in [-0.05, 0) is 31.4 Å². The quantitative estimate of drug-likeness (QED) is 0.420. The zero-order valence-corrected chi connectivity index (χ0v) is 15.8. The fourth-order valence-corrected chi connectivity index (χ4v) is 3.96. The van der Waals surface area contributed by atoms with E-state index in [2.05, 4.69) is 23.2 Å². The number of unbranched alkanes of at least 4 members (excludes halogenated alkanes) is 4. The van der Waals surface area contributed by atoms with Crippen LogP contribution in [0.25, 0.3) is 16.7 Å². The molecule has 1 aromatic carbocycles. The van der Waals surface area contributed by atoms with Gasteiger partial charge >= 0.3 is 0 Å². The molecule has 3 aromatic rings. The highest BCUT2D eigenvalue weighted by atomic mass is 32.2.